The van der Waals surface area contributed by atoms with E-state index in [1.807, 2.05) is 0 Å². The van der Waals surface area contributed by atoms with E-state index in [4.69, 9.17) is 0 Å². The fourth-order valence-electron chi connectivity index (χ4n) is 3.94. The van der Waals surface area contributed by atoms with Gasteiger partial charge in [0.05, 0.1) is 16.4 Å². The summed E-state index contributed by atoms with van der Waals surface area (Å²) in [5.74, 6) is -20.8. The molecule has 0 amide bonds. The van der Waals surface area contributed by atoms with Crippen LogP contribution in [0.25, 0.3) is 11.1 Å². The molecule has 0 bridgehead atoms. The Kier molecular flexibility index (Phi) is 6.81. The molecule has 0 N–H and O–H groups in total. The molecule has 3 rings (SSSR count). The van der Waals surface area contributed by atoms with Crippen molar-refractivity contribution in [3.8, 4) is 11.1 Å². The van der Waals surface area contributed by atoms with Crippen molar-refractivity contribution in [1.82, 2.24) is 0 Å². The summed E-state index contributed by atoms with van der Waals surface area (Å²) >= 11 is 0. The standard InChI is InChI=1S/C20H16F8O4S2/c1-7-3-5-8(6-4-7)34(31,32)20-17(27)13(23)10(14(24)18(20)28)9-11(21)15(25)19(33(2,29)30)16(26)12(9)22/h7-8H,3-6H2,1-2H3. The minimum atomic E-state index is -5.00. The third-order valence-corrected chi connectivity index (χ3v) is 9.13. The van der Waals surface area contributed by atoms with Gasteiger partial charge >= 0.3 is 0 Å². The van der Waals surface area contributed by atoms with E-state index in [0.29, 0.717) is 12.8 Å². The first-order chi connectivity index (χ1) is 15.5. The van der Waals surface area contributed by atoms with Gasteiger partial charge in [-0.25, -0.2) is 52.0 Å². The van der Waals surface area contributed by atoms with Crippen molar-refractivity contribution < 1.29 is 52.0 Å². The first kappa shape index (κ1) is 26.4. The minimum absolute atomic E-state index is 0.0694. The summed E-state index contributed by atoms with van der Waals surface area (Å²) in [5.41, 5.74) is -4.57. The normalized spacial score (nSPS) is 19.5. The number of hydrogen-bond donors (Lipinski definition) is 0. The zero-order valence-electron chi connectivity index (χ0n) is 17.5. The van der Waals surface area contributed by atoms with Crippen LogP contribution in [0.4, 0.5) is 35.1 Å². The van der Waals surface area contributed by atoms with E-state index in [2.05, 4.69) is 0 Å². The van der Waals surface area contributed by atoms with Crippen LogP contribution in [0.5, 0.6) is 0 Å². The highest BCUT2D eigenvalue weighted by Gasteiger charge is 2.41. The van der Waals surface area contributed by atoms with Gasteiger partial charge in [0.2, 0.25) is 0 Å². The van der Waals surface area contributed by atoms with Gasteiger partial charge < -0.3 is 0 Å². The molecule has 0 aliphatic heterocycles. The van der Waals surface area contributed by atoms with Crippen LogP contribution < -0.4 is 0 Å². The van der Waals surface area contributed by atoms with E-state index in [1.165, 1.54) is 0 Å². The molecule has 4 nitrogen and oxygen atoms in total. The molecule has 1 aliphatic carbocycles. The number of benzene rings is 2. The smallest absolute Gasteiger partial charge is 0.187 e. The van der Waals surface area contributed by atoms with Crippen molar-refractivity contribution in [2.24, 2.45) is 5.92 Å². The molecule has 2 aromatic rings. The van der Waals surface area contributed by atoms with Gasteiger partial charge in [-0.1, -0.05) is 6.92 Å². The maximum absolute atomic E-state index is 14.8. The van der Waals surface area contributed by atoms with Crippen LogP contribution >= 0.6 is 0 Å². The molecule has 14 heteroatoms. The van der Waals surface area contributed by atoms with E-state index < -0.39 is 92.4 Å². The fourth-order valence-corrected chi connectivity index (χ4v) is 6.68. The lowest BCUT2D eigenvalue weighted by Crippen LogP contribution is -2.29. The molecule has 1 saturated carbocycles. The van der Waals surface area contributed by atoms with Gasteiger partial charge in [0, 0.05) is 6.26 Å². The SMILES string of the molecule is CC1CCC(S(=O)(=O)c2c(F)c(F)c(-c3c(F)c(F)c(S(C)(=O)=O)c(F)c3F)c(F)c2F)CC1. The summed E-state index contributed by atoms with van der Waals surface area (Å²) in [6, 6.07) is 0. The Hall–Kier alpha value is -2.22. The van der Waals surface area contributed by atoms with Crippen LogP contribution in [0.3, 0.4) is 0 Å². The fraction of sp³-hybridized carbons (Fsp3) is 0.400. The van der Waals surface area contributed by atoms with Crippen molar-refractivity contribution in [2.45, 2.75) is 47.6 Å². The molecule has 34 heavy (non-hydrogen) atoms. The average Bonchev–Trinajstić information content (AvgIpc) is 2.72. The van der Waals surface area contributed by atoms with Crippen molar-refractivity contribution in [1.29, 1.82) is 0 Å². The molecule has 0 atom stereocenters. The number of hydrogen-bond acceptors (Lipinski definition) is 4. The third-order valence-electron chi connectivity index (χ3n) is 5.75. The van der Waals surface area contributed by atoms with Gasteiger partial charge in [-0.3, -0.25) is 0 Å². The Morgan fingerprint density at radius 2 is 0.882 bits per heavy atom. The molecule has 0 heterocycles. The van der Waals surface area contributed by atoms with Crippen molar-refractivity contribution in [3.63, 3.8) is 0 Å². The van der Waals surface area contributed by atoms with Gasteiger partial charge in [-0.05, 0) is 31.6 Å². The molecule has 0 saturated heterocycles. The molecular weight excluding hydrogens is 520 g/mol. The van der Waals surface area contributed by atoms with Crippen molar-refractivity contribution in [3.05, 3.63) is 46.5 Å². The quantitative estimate of drug-likeness (QED) is 0.397. The van der Waals surface area contributed by atoms with Crippen molar-refractivity contribution in [2.75, 3.05) is 6.26 Å². The highest BCUT2D eigenvalue weighted by atomic mass is 32.2. The predicted molar refractivity (Wildman–Crippen MR) is 103 cm³/mol. The van der Waals surface area contributed by atoms with Crippen LogP contribution in [-0.4, -0.2) is 28.3 Å². The molecule has 0 unspecified atom stereocenters. The number of rotatable bonds is 4. The molecular formula is C20H16F8O4S2. The molecule has 188 valence electrons. The minimum Gasteiger partial charge on any atom is -0.224 e. The summed E-state index contributed by atoms with van der Waals surface area (Å²) in [7, 11) is -9.93. The van der Waals surface area contributed by atoms with Crippen LogP contribution in [0.1, 0.15) is 32.6 Å². The highest BCUT2D eigenvalue weighted by Crippen LogP contribution is 2.41. The Balaban J connectivity index is 2.33. The molecule has 0 radical (unpaired) electrons. The van der Waals surface area contributed by atoms with E-state index >= 15 is 0 Å². The Morgan fingerprint density at radius 1 is 0.559 bits per heavy atom. The van der Waals surface area contributed by atoms with Gasteiger partial charge in [0.25, 0.3) is 0 Å². The third kappa shape index (κ3) is 4.08. The lowest BCUT2D eigenvalue weighted by atomic mass is 9.91. The average molecular weight is 536 g/mol. The van der Waals surface area contributed by atoms with E-state index in [1.54, 1.807) is 6.92 Å². The Labute approximate surface area is 189 Å². The lowest BCUT2D eigenvalue weighted by Gasteiger charge is -2.26. The van der Waals surface area contributed by atoms with E-state index in [9.17, 15) is 52.0 Å². The second-order valence-corrected chi connectivity index (χ2v) is 12.2. The van der Waals surface area contributed by atoms with Crippen LogP contribution in [-0.2, 0) is 19.7 Å². The highest BCUT2D eigenvalue weighted by molar-refractivity contribution is 7.92. The number of halogens is 8. The first-order valence-corrected chi connectivity index (χ1v) is 13.1. The van der Waals surface area contributed by atoms with Gasteiger partial charge in [0.15, 0.2) is 66.2 Å². The van der Waals surface area contributed by atoms with Crippen molar-refractivity contribution >= 4 is 19.7 Å². The molecule has 1 fully saturated rings. The van der Waals surface area contributed by atoms with Gasteiger partial charge in [-0.2, -0.15) is 0 Å². The second-order valence-electron chi connectivity index (χ2n) is 8.12. The monoisotopic (exact) mass is 536 g/mol. The topological polar surface area (TPSA) is 68.3 Å². The zero-order chi connectivity index (χ0) is 25.9. The number of sulfone groups is 2. The molecule has 1 aliphatic rings. The molecule has 0 aromatic heterocycles. The summed E-state index contributed by atoms with van der Waals surface area (Å²) in [5, 5.41) is -1.39. The maximum Gasteiger partial charge on any atom is 0.187 e. The lowest BCUT2D eigenvalue weighted by molar-refractivity contribution is 0.376. The van der Waals surface area contributed by atoms with E-state index in [0.717, 1.165) is 0 Å². The Morgan fingerprint density at radius 3 is 1.21 bits per heavy atom. The molecule has 0 spiro atoms. The van der Waals surface area contributed by atoms with Gasteiger partial charge in [0.1, 0.15) is 9.79 Å². The Bertz CT molecular complexity index is 1340. The first-order valence-electron chi connectivity index (χ1n) is 9.69. The predicted octanol–water partition coefficient (Wildman–Crippen LogP) is 5.22. The van der Waals surface area contributed by atoms with Crippen LogP contribution in [0.15, 0.2) is 9.79 Å². The van der Waals surface area contributed by atoms with E-state index in [-0.39, 0.29) is 25.0 Å². The van der Waals surface area contributed by atoms with Crippen LogP contribution in [0.2, 0.25) is 0 Å². The summed E-state index contributed by atoms with van der Waals surface area (Å²) < 4.78 is 165. The molecule has 2 aromatic carbocycles. The largest absolute Gasteiger partial charge is 0.224 e. The maximum atomic E-state index is 14.8. The zero-order valence-corrected chi connectivity index (χ0v) is 19.1. The summed E-state index contributed by atoms with van der Waals surface area (Å²) in [4.78, 5) is -4.13. The van der Waals surface area contributed by atoms with Crippen LogP contribution in [0, 0.1) is 52.5 Å². The van der Waals surface area contributed by atoms with Gasteiger partial charge in [-0.15, -0.1) is 0 Å². The summed E-state index contributed by atoms with van der Waals surface area (Å²) in [6.45, 7) is 1.80. The second kappa shape index (κ2) is 8.77. The summed E-state index contributed by atoms with van der Waals surface area (Å²) in [6.07, 6.45) is 0.731.